The fourth-order valence-corrected chi connectivity index (χ4v) is 3.09. The molecule has 0 aliphatic heterocycles. The topological polar surface area (TPSA) is 47.9 Å². The van der Waals surface area contributed by atoms with E-state index in [1.54, 1.807) is 23.7 Å². The molecule has 0 aliphatic carbocycles. The van der Waals surface area contributed by atoms with Gasteiger partial charge in [0.2, 0.25) is 0 Å². The van der Waals surface area contributed by atoms with E-state index in [1.807, 2.05) is 12.1 Å². The number of nitrogens with zero attached hydrogens (tertiary/aromatic N) is 3. The summed E-state index contributed by atoms with van der Waals surface area (Å²) < 4.78 is 14.2. The number of pyridine rings is 1. The van der Waals surface area contributed by atoms with Crippen LogP contribution in [0, 0.1) is 0 Å². The smallest absolute Gasteiger partial charge is 0.254 e. The number of aromatic nitrogens is 3. The zero-order chi connectivity index (χ0) is 13.6. The minimum absolute atomic E-state index is 0.606. The average molecular weight is 303 g/mol. The minimum Gasteiger partial charge on any atom is -0.475 e. The summed E-state index contributed by atoms with van der Waals surface area (Å²) in [5, 5.41) is 2.10. The van der Waals surface area contributed by atoms with Crippen molar-refractivity contribution in [1.29, 1.82) is 0 Å². The molecule has 0 N–H and O–H groups in total. The van der Waals surface area contributed by atoms with Gasteiger partial charge in [0.1, 0.15) is 5.69 Å². The highest BCUT2D eigenvalue weighted by Gasteiger charge is 2.11. The maximum absolute atomic E-state index is 5.74. The van der Waals surface area contributed by atoms with Gasteiger partial charge in [0.25, 0.3) is 5.88 Å². The molecule has 0 aromatic carbocycles. The third-order valence-corrected chi connectivity index (χ3v) is 4.23. The number of rotatable bonds is 6. The summed E-state index contributed by atoms with van der Waals surface area (Å²) in [5.41, 5.74) is 1.72. The molecule has 20 heavy (non-hydrogen) atoms. The molecule has 0 fully saturated rings. The van der Waals surface area contributed by atoms with Gasteiger partial charge in [-0.15, -0.1) is 15.7 Å². The standard InChI is InChI=1S/C14H13N3OS2/c1-4-11(10-15-7-1)13-14(17-20-16-13)18-8-2-5-12-6-3-9-19-12/h1,3-4,6-7,9-10H,2,5,8H2. The van der Waals surface area contributed by atoms with Gasteiger partial charge in [-0.2, -0.15) is 4.37 Å². The molecule has 6 heteroatoms. The van der Waals surface area contributed by atoms with Crippen molar-refractivity contribution in [2.24, 2.45) is 0 Å². The van der Waals surface area contributed by atoms with E-state index < -0.39 is 0 Å². The molecule has 0 saturated heterocycles. The van der Waals surface area contributed by atoms with E-state index in [1.165, 1.54) is 16.6 Å². The molecule has 3 aromatic heterocycles. The van der Waals surface area contributed by atoms with Crippen LogP contribution in [0.3, 0.4) is 0 Å². The van der Waals surface area contributed by atoms with Gasteiger partial charge < -0.3 is 4.74 Å². The van der Waals surface area contributed by atoms with Gasteiger partial charge >= 0.3 is 0 Å². The highest BCUT2D eigenvalue weighted by Crippen LogP contribution is 2.27. The number of hydrogen-bond acceptors (Lipinski definition) is 6. The zero-order valence-corrected chi connectivity index (χ0v) is 12.4. The molecule has 4 nitrogen and oxygen atoms in total. The van der Waals surface area contributed by atoms with E-state index in [0.29, 0.717) is 12.5 Å². The van der Waals surface area contributed by atoms with E-state index in [0.717, 1.165) is 24.1 Å². The maximum atomic E-state index is 5.74. The van der Waals surface area contributed by atoms with Gasteiger partial charge in [-0.05, 0) is 36.4 Å². The van der Waals surface area contributed by atoms with Gasteiger partial charge in [0, 0.05) is 22.8 Å². The number of ether oxygens (including phenoxy) is 1. The summed E-state index contributed by atoms with van der Waals surface area (Å²) in [6.45, 7) is 0.649. The van der Waals surface area contributed by atoms with Gasteiger partial charge in [0.05, 0.1) is 18.3 Å². The Labute approximate surface area is 125 Å². The number of hydrogen-bond donors (Lipinski definition) is 0. The van der Waals surface area contributed by atoms with Gasteiger partial charge in [-0.25, -0.2) is 0 Å². The Morgan fingerprint density at radius 3 is 2.95 bits per heavy atom. The van der Waals surface area contributed by atoms with Crippen molar-refractivity contribution in [1.82, 2.24) is 13.7 Å². The van der Waals surface area contributed by atoms with Crippen LogP contribution in [-0.2, 0) is 6.42 Å². The second-order valence-electron chi connectivity index (χ2n) is 4.19. The normalized spacial score (nSPS) is 10.6. The average Bonchev–Trinajstić information content (AvgIpc) is 3.16. The molecule has 0 atom stereocenters. The van der Waals surface area contributed by atoms with Crippen molar-refractivity contribution in [3.63, 3.8) is 0 Å². The third kappa shape index (κ3) is 3.20. The second-order valence-corrected chi connectivity index (χ2v) is 5.75. The van der Waals surface area contributed by atoms with Crippen molar-refractivity contribution in [3.8, 4) is 17.1 Å². The fourth-order valence-electron chi connectivity index (χ4n) is 1.82. The summed E-state index contributed by atoms with van der Waals surface area (Å²) >= 11 is 2.95. The molecule has 0 unspecified atom stereocenters. The fraction of sp³-hybridized carbons (Fsp3) is 0.214. The first-order valence-electron chi connectivity index (χ1n) is 6.31. The molecular weight excluding hydrogens is 290 g/mol. The van der Waals surface area contributed by atoms with Crippen molar-refractivity contribution in [3.05, 3.63) is 46.9 Å². The van der Waals surface area contributed by atoms with Crippen LogP contribution < -0.4 is 4.74 Å². The van der Waals surface area contributed by atoms with Crippen molar-refractivity contribution in [2.45, 2.75) is 12.8 Å². The lowest BCUT2D eigenvalue weighted by Crippen LogP contribution is -2.00. The molecule has 3 heterocycles. The van der Waals surface area contributed by atoms with Crippen LogP contribution in [0.2, 0.25) is 0 Å². The van der Waals surface area contributed by atoms with Crippen molar-refractivity contribution in [2.75, 3.05) is 6.61 Å². The van der Waals surface area contributed by atoms with E-state index in [2.05, 4.69) is 31.2 Å². The molecule has 0 amide bonds. The van der Waals surface area contributed by atoms with Crippen LogP contribution in [0.4, 0.5) is 0 Å². The van der Waals surface area contributed by atoms with Crippen LogP contribution in [0.15, 0.2) is 42.0 Å². The van der Waals surface area contributed by atoms with Crippen LogP contribution in [0.25, 0.3) is 11.3 Å². The second kappa shape index (κ2) is 6.58. The first-order chi connectivity index (χ1) is 9.93. The van der Waals surface area contributed by atoms with E-state index in [9.17, 15) is 0 Å². The first-order valence-corrected chi connectivity index (χ1v) is 7.92. The van der Waals surface area contributed by atoms with Gasteiger partial charge in [-0.1, -0.05) is 6.07 Å². The summed E-state index contributed by atoms with van der Waals surface area (Å²) in [5.74, 6) is 0.606. The van der Waals surface area contributed by atoms with Crippen molar-refractivity contribution < 1.29 is 4.74 Å². The lowest BCUT2D eigenvalue weighted by Gasteiger charge is -2.04. The predicted octanol–water partition coefficient (Wildman–Crippen LogP) is 3.67. The lowest BCUT2D eigenvalue weighted by atomic mass is 10.2. The monoisotopic (exact) mass is 303 g/mol. The Morgan fingerprint density at radius 2 is 2.15 bits per heavy atom. The van der Waals surface area contributed by atoms with Crippen molar-refractivity contribution >= 4 is 23.1 Å². The lowest BCUT2D eigenvalue weighted by molar-refractivity contribution is 0.303. The molecular formula is C14H13N3OS2. The van der Waals surface area contributed by atoms with Crippen LogP contribution >= 0.6 is 23.1 Å². The Balaban J connectivity index is 1.57. The quantitative estimate of drug-likeness (QED) is 0.652. The third-order valence-electron chi connectivity index (χ3n) is 2.78. The minimum atomic E-state index is 0.606. The molecule has 0 saturated carbocycles. The number of thiophene rings is 1. The van der Waals surface area contributed by atoms with E-state index in [-0.39, 0.29) is 0 Å². The first kappa shape index (κ1) is 13.2. The highest BCUT2D eigenvalue weighted by atomic mass is 32.1. The molecule has 0 radical (unpaired) electrons. The molecule has 0 aliphatic rings. The molecule has 0 bridgehead atoms. The van der Waals surface area contributed by atoms with E-state index in [4.69, 9.17) is 4.74 Å². The molecule has 0 spiro atoms. The van der Waals surface area contributed by atoms with Crippen LogP contribution in [0.5, 0.6) is 5.88 Å². The Hall–Kier alpha value is -1.79. The molecule has 102 valence electrons. The van der Waals surface area contributed by atoms with Gasteiger partial charge in [0.15, 0.2) is 0 Å². The Kier molecular flexibility index (Phi) is 4.35. The summed E-state index contributed by atoms with van der Waals surface area (Å²) in [4.78, 5) is 5.48. The summed E-state index contributed by atoms with van der Waals surface area (Å²) in [6.07, 6.45) is 5.53. The zero-order valence-electron chi connectivity index (χ0n) is 10.7. The number of aryl methyl sites for hydroxylation is 1. The summed E-state index contributed by atoms with van der Waals surface area (Å²) in [7, 11) is 0. The van der Waals surface area contributed by atoms with Crippen LogP contribution in [-0.4, -0.2) is 20.3 Å². The summed E-state index contributed by atoms with van der Waals surface area (Å²) in [6, 6.07) is 8.07. The SMILES string of the molecule is c1cncc(-c2nsnc2OCCCc2cccs2)c1. The van der Waals surface area contributed by atoms with E-state index >= 15 is 0 Å². The highest BCUT2D eigenvalue weighted by molar-refractivity contribution is 7.09. The predicted molar refractivity (Wildman–Crippen MR) is 81.3 cm³/mol. The maximum Gasteiger partial charge on any atom is 0.254 e. The molecule has 3 rings (SSSR count). The Morgan fingerprint density at radius 1 is 1.15 bits per heavy atom. The molecule has 3 aromatic rings. The van der Waals surface area contributed by atoms with Crippen LogP contribution in [0.1, 0.15) is 11.3 Å². The van der Waals surface area contributed by atoms with Gasteiger partial charge in [-0.3, -0.25) is 4.98 Å². The largest absolute Gasteiger partial charge is 0.475 e. The Bertz CT molecular complexity index is 638.